The Bertz CT molecular complexity index is 799. The van der Waals surface area contributed by atoms with Crippen LogP contribution in [0.1, 0.15) is 25.8 Å². The van der Waals surface area contributed by atoms with Gasteiger partial charge in [-0.15, -0.1) is 0 Å². The van der Waals surface area contributed by atoms with Crippen molar-refractivity contribution in [3.63, 3.8) is 0 Å². The molecule has 2 aromatic carbocycles. The van der Waals surface area contributed by atoms with E-state index in [0.717, 1.165) is 33.0 Å². The molecule has 0 unspecified atom stereocenters. The van der Waals surface area contributed by atoms with Gasteiger partial charge in [-0.3, -0.25) is 0 Å². The third-order valence-corrected chi connectivity index (χ3v) is 5.30. The fourth-order valence-electron chi connectivity index (χ4n) is 2.51. The third kappa shape index (κ3) is 6.21. The van der Waals surface area contributed by atoms with Gasteiger partial charge in [0.2, 0.25) is 0 Å². The molecule has 0 saturated heterocycles. The van der Waals surface area contributed by atoms with Crippen LogP contribution in [0.15, 0.2) is 75.4 Å². The molecule has 5 nitrogen and oxygen atoms in total. The van der Waals surface area contributed by atoms with Gasteiger partial charge in [-0.05, 0) is 42.7 Å². The summed E-state index contributed by atoms with van der Waals surface area (Å²) in [6.07, 6.45) is 4.31. The van der Waals surface area contributed by atoms with Crippen molar-refractivity contribution < 1.29 is 14.6 Å². The quantitative estimate of drug-likeness (QED) is 0.526. The Balaban J connectivity index is 0.00000136. The molecular weight excluding hydrogens is 372 g/mol. The molecule has 0 spiro atoms. The van der Waals surface area contributed by atoms with Crippen molar-refractivity contribution in [2.45, 2.75) is 42.0 Å². The van der Waals surface area contributed by atoms with Crippen LogP contribution in [0.5, 0.6) is 0 Å². The lowest BCUT2D eigenvalue weighted by Crippen LogP contribution is -2.47. The molecular formula is C22H28N2O3S. The van der Waals surface area contributed by atoms with Gasteiger partial charge in [-0.1, -0.05) is 49.9 Å². The van der Waals surface area contributed by atoms with Crippen molar-refractivity contribution in [3.8, 4) is 11.3 Å². The Morgan fingerprint density at radius 2 is 1.54 bits per heavy atom. The lowest BCUT2D eigenvalue weighted by molar-refractivity contribution is 0.115. The minimum Gasteiger partial charge on any atom is -0.451 e. The molecule has 0 aliphatic rings. The summed E-state index contributed by atoms with van der Waals surface area (Å²) in [5.74, 6) is 0. The molecule has 6 heteroatoms. The van der Waals surface area contributed by atoms with Crippen LogP contribution in [0.2, 0.25) is 0 Å². The van der Waals surface area contributed by atoms with Gasteiger partial charge in [0, 0.05) is 15.4 Å². The fraction of sp³-hybridized carbons (Fsp3) is 0.318. The average Bonchev–Trinajstić information content (AvgIpc) is 3.30. The summed E-state index contributed by atoms with van der Waals surface area (Å²) in [5.41, 5.74) is 7.97. The predicted molar refractivity (Wildman–Crippen MR) is 113 cm³/mol. The van der Waals surface area contributed by atoms with E-state index < -0.39 is 5.54 Å². The van der Waals surface area contributed by atoms with E-state index in [9.17, 15) is 10.2 Å². The third-order valence-electron chi connectivity index (χ3n) is 4.28. The topological polar surface area (TPSA) is 92.5 Å². The van der Waals surface area contributed by atoms with Crippen LogP contribution in [-0.2, 0) is 6.42 Å². The summed E-state index contributed by atoms with van der Waals surface area (Å²) in [4.78, 5) is 6.43. The number of aliphatic hydroxyl groups excluding tert-OH is 2. The zero-order chi connectivity index (χ0) is 20.4. The highest BCUT2D eigenvalue weighted by atomic mass is 32.2. The summed E-state index contributed by atoms with van der Waals surface area (Å²) in [5, 5.41) is 18.5. The van der Waals surface area contributed by atoms with E-state index in [-0.39, 0.29) is 13.2 Å². The minimum atomic E-state index is -0.918. The number of benzene rings is 2. The maximum Gasteiger partial charge on any atom is 0.181 e. The first-order valence-electron chi connectivity index (χ1n) is 9.38. The molecule has 0 fully saturated rings. The second-order valence-electron chi connectivity index (χ2n) is 6.32. The zero-order valence-electron chi connectivity index (χ0n) is 16.3. The van der Waals surface area contributed by atoms with Crippen molar-refractivity contribution in [2.24, 2.45) is 5.73 Å². The van der Waals surface area contributed by atoms with Gasteiger partial charge in [-0.25, -0.2) is 4.98 Å². The average molecular weight is 401 g/mol. The van der Waals surface area contributed by atoms with Crippen LogP contribution in [0, 0.1) is 0 Å². The van der Waals surface area contributed by atoms with Gasteiger partial charge in [-0.2, -0.15) is 0 Å². The lowest BCUT2D eigenvalue weighted by Gasteiger charge is -2.24. The molecule has 0 bridgehead atoms. The Morgan fingerprint density at radius 3 is 2.04 bits per heavy atom. The number of rotatable bonds is 8. The monoisotopic (exact) mass is 400 g/mol. The number of aryl methyl sites for hydroxylation is 1. The summed E-state index contributed by atoms with van der Waals surface area (Å²) >= 11 is 1.69. The lowest BCUT2D eigenvalue weighted by atomic mass is 9.94. The van der Waals surface area contributed by atoms with Crippen LogP contribution in [0.3, 0.4) is 0 Å². The van der Waals surface area contributed by atoms with E-state index in [1.165, 1.54) is 6.39 Å². The van der Waals surface area contributed by atoms with Crippen LogP contribution < -0.4 is 5.73 Å². The molecule has 1 heterocycles. The van der Waals surface area contributed by atoms with Crippen molar-refractivity contribution in [1.29, 1.82) is 0 Å². The summed E-state index contributed by atoms with van der Waals surface area (Å²) in [6.45, 7) is 3.56. The molecule has 0 atom stereocenters. The standard InChI is InChI=1S/C20H22N2O3S.C2H6/c21-20(12-23,13-24)10-9-15-1-5-17(6-2-15)26-18-7-3-16(4-8-18)19-11-25-14-22-19;1-2/h1-8,11,14,23-24H,9-10,12-13,21H2;1-2H3. The molecule has 0 radical (unpaired) electrons. The van der Waals surface area contributed by atoms with Gasteiger partial charge in [0.25, 0.3) is 0 Å². The highest BCUT2D eigenvalue weighted by molar-refractivity contribution is 7.99. The zero-order valence-corrected chi connectivity index (χ0v) is 17.2. The summed E-state index contributed by atoms with van der Waals surface area (Å²) in [6, 6.07) is 16.4. The molecule has 28 heavy (non-hydrogen) atoms. The van der Waals surface area contributed by atoms with E-state index in [2.05, 4.69) is 41.4 Å². The molecule has 0 aliphatic carbocycles. The Morgan fingerprint density at radius 1 is 0.964 bits per heavy atom. The predicted octanol–water partition coefficient (Wildman–Crippen LogP) is 4.13. The Kier molecular flexibility index (Phi) is 8.73. The number of aliphatic hydroxyl groups is 2. The van der Waals surface area contributed by atoms with Gasteiger partial charge >= 0.3 is 0 Å². The maximum absolute atomic E-state index is 9.25. The normalized spacial score (nSPS) is 11.0. The van der Waals surface area contributed by atoms with Crippen molar-refractivity contribution in [1.82, 2.24) is 4.98 Å². The number of nitrogens with zero attached hydrogens (tertiary/aromatic N) is 1. The Hall–Kier alpha value is -2.12. The largest absolute Gasteiger partial charge is 0.451 e. The van der Waals surface area contributed by atoms with Gasteiger partial charge < -0.3 is 20.4 Å². The molecule has 0 amide bonds. The number of aromatic nitrogens is 1. The highest BCUT2D eigenvalue weighted by Crippen LogP contribution is 2.30. The van der Waals surface area contributed by atoms with E-state index in [1.54, 1.807) is 18.0 Å². The van der Waals surface area contributed by atoms with Crippen molar-refractivity contribution >= 4 is 11.8 Å². The molecule has 3 aromatic rings. The number of oxazole rings is 1. The minimum absolute atomic E-state index is 0.220. The molecule has 0 saturated carbocycles. The van der Waals surface area contributed by atoms with Crippen LogP contribution >= 0.6 is 11.8 Å². The second-order valence-corrected chi connectivity index (χ2v) is 7.47. The van der Waals surface area contributed by atoms with Gasteiger partial charge in [0.1, 0.15) is 12.0 Å². The van der Waals surface area contributed by atoms with E-state index in [4.69, 9.17) is 10.2 Å². The first-order valence-corrected chi connectivity index (χ1v) is 10.2. The highest BCUT2D eigenvalue weighted by Gasteiger charge is 2.22. The van der Waals surface area contributed by atoms with Crippen LogP contribution in [0.25, 0.3) is 11.3 Å². The summed E-state index contributed by atoms with van der Waals surface area (Å²) in [7, 11) is 0. The van der Waals surface area contributed by atoms with Gasteiger partial charge in [0.05, 0.1) is 18.8 Å². The number of hydrogen-bond donors (Lipinski definition) is 3. The maximum atomic E-state index is 9.25. The molecule has 0 aliphatic heterocycles. The molecule has 3 rings (SSSR count). The Labute approximate surface area is 170 Å². The van der Waals surface area contributed by atoms with Crippen LogP contribution in [0.4, 0.5) is 0 Å². The molecule has 1 aromatic heterocycles. The number of nitrogens with two attached hydrogens (primary N) is 1. The van der Waals surface area contributed by atoms with E-state index in [0.29, 0.717) is 6.42 Å². The van der Waals surface area contributed by atoms with Gasteiger partial charge in [0.15, 0.2) is 6.39 Å². The first-order chi connectivity index (χ1) is 13.6. The number of hydrogen-bond acceptors (Lipinski definition) is 6. The van der Waals surface area contributed by atoms with E-state index in [1.807, 2.05) is 26.0 Å². The van der Waals surface area contributed by atoms with Crippen molar-refractivity contribution in [2.75, 3.05) is 13.2 Å². The molecule has 4 N–H and O–H groups in total. The smallest absolute Gasteiger partial charge is 0.181 e. The van der Waals surface area contributed by atoms with E-state index >= 15 is 0 Å². The van der Waals surface area contributed by atoms with Crippen LogP contribution in [-0.4, -0.2) is 33.9 Å². The summed E-state index contributed by atoms with van der Waals surface area (Å²) < 4.78 is 5.01. The fourth-order valence-corrected chi connectivity index (χ4v) is 3.33. The second kappa shape index (κ2) is 11.0. The van der Waals surface area contributed by atoms with Crippen molar-refractivity contribution in [3.05, 3.63) is 66.8 Å². The SMILES string of the molecule is CC.NC(CO)(CO)CCc1ccc(Sc2ccc(-c3cocn3)cc2)cc1. The molecule has 150 valence electrons. The first kappa shape index (κ1) is 22.2.